The van der Waals surface area contributed by atoms with E-state index in [9.17, 15) is 19.2 Å². The number of carbonyl (C=O) groups is 4. The average Bonchev–Trinajstić information content (AvgIpc) is 2.56. The Kier molecular flexibility index (Phi) is 12.6. The van der Waals surface area contributed by atoms with Gasteiger partial charge in [0.15, 0.2) is 0 Å². The average molecular weight is 360 g/mol. The SMILES string of the molecule is C=CC(=O)OCCOC(=O)CCC(=O)OCCC(=O)OC(C)COC. The summed E-state index contributed by atoms with van der Waals surface area (Å²) in [6.07, 6.45) is 0.170. The third-order valence-corrected chi connectivity index (χ3v) is 2.59. The van der Waals surface area contributed by atoms with Gasteiger partial charge >= 0.3 is 23.9 Å². The van der Waals surface area contributed by atoms with Crippen molar-refractivity contribution < 1.29 is 42.9 Å². The summed E-state index contributed by atoms with van der Waals surface area (Å²) >= 11 is 0. The second-order valence-corrected chi connectivity index (χ2v) is 4.82. The Morgan fingerprint density at radius 2 is 1.44 bits per heavy atom. The van der Waals surface area contributed by atoms with Gasteiger partial charge in [0.1, 0.15) is 25.9 Å². The lowest BCUT2D eigenvalue weighted by molar-refractivity contribution is -0.156. The molecule has 142 valence electrons. The molecule has 1 unspecified atom stereocenters. The van der Waals surface area contributed by atoms with Crippen molar-refractivity contribution in [3.63, 3.8) is 0 Å². The van der Waals surface area contributed by atoms with Crippen LogP contribution in [0.5, 0.6) is 0 Å². The van der Waals surface area contributed by atoms with E-state index in [0.29, 0.717) is 0 Å². The van der Waals surface area contributed by atoms with Crippen molar-refractivity contribution in [3.05, 3.63) is 12.7 Å². The summed E-state index contributed by atoms with van der Waals surface area (Å²) in [5.41, 5.74) is 0. The molecule has 9 heteroatoms. The second kappa shape index (κ2) is 14.0. The lowest BCUT2D eigenvalue weighted by atomic mass is 10.3. The van der Waals surface area contributed by atoms with Crippen molar-refractivity contribution in [1.29, 1.82) is 0 Å². The fourth-order valence-corrected chi connectivity index (χ4v) is 1.51. The van der Waals surface area contributed by atoms with Crippen LogP contribution in [0.1, 0.15) is 26.2 Å². The number of rotatable bonds is 13. The summed E-state index contributed by atoms with van der Waals surface area (Å²) in [5.74, 6) is -2.38. The van der Waals surface area contributed by atoms with Gasteiger partial charge in [-0.15, -0.1) is 0 Å². The minimum atomic E-state index is -0.632. The Bertz CT molecular complexity index is 459. The number of esters is 4. The van der Waals surface area contributed by atoms with Gasteiger partial charge in [0, 0.05) is 13.2 Å². The molecule has 0 bridgehead atoms. The molecule has 9 nitrogen and oxygen atoms in total. The highest BCUT2D eigenvalue weighted by molar-refractivity contribution is 5.81. The van der Waals surface area contributed by atoms with Gasteiger partial charge in [-0.2, -0.15) is 0 Å². The predicted molar refractivity (Wildman–Crippen MR) is 84.4 cm³/mol. The van der Waals surface area contributed by atoms with Gasteiger partial charge in [-0.3, -0.25) is 14.4 Å². The van der Waals surface area contributed by atoms with Crippen LogP contribution in [0.4, 0.5) is 0 Å². The van der Waals surface area contributed by atoms with Gasteiger partial charge in [0.25, 0.3) is 0 Å². The maximum Gasteiger partial charge on any atom is 0.330 e. The summed E-state index contributed by atoms with van der Waals surface area (Å²) in [7, 11) is 1.49. The summed E-state index contributed by atoms with van der Waals surface area (Å²) in [6.45, 7) is 4.83. The van der Waals surface area contributed by atoms with Gasteiger partial charge in [0.2, 0.25) is 0 Å². The van der Waals surface area contributed by atoms with Crippen LogP contribution >= 0.6 is 0 Å². The minimum absolute atomic E-state index is 0.0844. The van der Waals surface area contributed by atoms with Gasteiger partial charge in [-0.25, -0.2) is 4.79 Å². The number of methoxy groups -OCH3 is 1. The monoisotopic (exact) mass is 360 g/mol. The summed E-state index contributed by atoms with van der Waals surface area (Å²) < 4.78 is 24.0. The van der Waals surface area contributed by atoms with Crippen LogP contribution in [-0.4, -0.2) is 63.5 Å². The van der Waals surface area contributed by atoms with Crippen LogP contribution in [0.25, 0.3) is 0 Å². The third kappa shape index (κ3) is 13.7. The van der Waals surface area contributed by atoms with Gasteiger partial charge < -0.3 is 23.7 Å². The molecule has 0 heterocycles. The van der Waals surface area contributed by atoms with E-state index in [-0.39, 0.29) is 51.8 Å². The normalized spacial score (nSPS) is 11.1. The van der Waals surface area contributed by atoms with E-state index in [2.05, 4.69) is 11.3 Å². The molecule has 0 N–H and O–H groups in total. The van der Waals surface area contributed by atoms with Crippen molar-refractivity contribution in [2.24, 2.45) is 0 Å². The summed E-state index contributed by atoms with van der Waals surface area (Å²) in [6, 6.07) is 0. The minimum Gasteiger partial charge on any atom is -0.465 e. The van der Waals surface area contributed by atoms with Crippen molar-refractivity contribution in [3.8, 4) is 0 Å². The van der Waals surface area contributed by atoms with Gasteiger partial charge in [-0.05, 0) is 6.92 Å². The van der Waals surface area contributed by atoms with E-state index in [1.807, 2.05) is 0 Å². The molecule has 25 heavy (non-hydrogen) atoms. The maximum absolute atomic E-state index is 11.4. The molecule has 1 atom stereocenters. The van der Waals surface area contributed by atoms with E-state index in [1.54, 1.807) is 6.92 Å². The first-order chi connectivity index (χ1) is 11.9. The fraction of sp³-hybridized carbons (Fsp3) is 0.625. The molecule has 0 aromatic heterocycles. The first-order valence-corrected chi connectivity index (χ1v) is 7.67. The molecule has 0 saturated carbocycles. The zero-order valence-corrected chi connectivity index (χ0v) is 14.5. The highest BCUT2D eigenvalue weighted by Gasteiger charge is 2.12. The Labute approximate surface area is 146 Å². The van der Waals surface area contributed by atoms with Crippen LogP contribution in [0.2, 0.25) is 0 Å². The molecule has 0 saturated heterocycles. The van der Waals surface area contributed by atoms with Crippen molar-refractivity contribution >= 4 is 23.9 Å². The Balaban J connectivity index is 3.69. The van der Waals surface area contributed by atoms with Gasteiger partial charge in [0.05, 0.1) is 25.9 Å². The van der Waals surface area contributed by atoms with Crippen molar-refractivity contribution in [2.45, 2.75) is 32.3 Å². The third-order valence-electron chi connectivity index (χ3n) is 2.59. The van der Waals surface area contributed by atoms with Crippen LogP contribution in [0, 0.1) is 0 Å². The molecular weight excluding hydrogens is 336 g/mol. The molecule has 0 spiro atoms. The van der Waals surface area contributed by atoms with E-state index in [0.717, 1.165) is 6.08 Å². The highest BCUT2D eigenvalue weighted by atomic mass is 16.6. The summed E-state index contributed by atoms with van der Waals surface area (Å²) in [5, 5.41) is 0. The standard InChI is InChI=1S/C16H24O9/c1-4-13(17)23-9-10-24-15(19)6-5-14(18)22-8-7-16(20)25-12(2)11-21-3/h4,12H,1,5-11H2,2-3H3. The fourth-order valence-electron chi connectivity index (χ4n) is 1.51. The van der Waals surface area contributed by atoms with Crippen LogP contribution < -0.4 is 0 Å². The van der Waals surface area contributed by atoms with Crippen LogP contribution in [-0.2, 0) is 42.9 Å². The first kappa shape index (κ1) is 22.6. The quantitative estimate of drug-likeness (QED) is 0.201. The van der Waals surface area contributed by atoms with Crippen LogP contribution in [0.15, 0.2) is 12.7 Å². The number of hydrogen-bond donors (Lipinski definition) is 0. The molecule has 0 aromatic carbocycles. The Morgan fingerprint density at radius 3 is 2.00 bits per heavy atom. The molecule has 0 radical (unpaired) electrons. The van der Waals surface area contributed by atoms with E-state index in [1.165, 1.54) is 7.11 Å². The van der Waals surface area contributed by atoms with Crippen molar-refractivity contribution in [1.82, 2.24) is 0 Å². The molecule has 0 fully saturated rings. The molecule has 0 aliphatic heterocycles. The summed E-state index contributed by atoms with van der Waals surface area (Å²) in [4.78, 5) is 44.9. The van der Waals surface area contributed by atoms with E-state index in [4.69, 9.17) is 18.9 Å². The number of hydrogen-bond acceptors (Lipinski definition) is 9. The lowest BCUT2D eigenvalue weighted by Crippen LogP contribution is -2.21. The molecule has 0 aliphatic carbocycles. The Hall–Kier alpha value is -2.42. The predicted octanol–water partition coefficient (Wildman–Crippen LogP) is 0.550. The second-order valence-electron chi connectivity index (χ2n) is 4.82. The number of ether oxygens (including phenoxy) is 5. The maximum atomic E-state index is 11.4. The molecular formula is C16H24O9. The molecule has 0 aromatic rings. The molecule has 0 rings (SSSR count). The van der Waals surface area contributed by atoms with E-state index >= 15 is 0 Å². The van der Waals surface area contributed by atoms with Gasteiger partial charge in [-0.1, -0.05) is 6.58 Å². The van der Waals surface area contributed by atoms with E-state index < -0.39 is 23.9 Å². The smallest absolute Gasteiger partial charge is 0.330 e. The lowest BCUT2D eigenvalue weighted by Gasteiger charge is -2.12. The Morgan fingerprint density at radius 1 is 0.880 bits per heavy atom. The molecule has 0 amide bonds. The zero-order chi connectivity index (χ0) is 19.1. The van der Waals surface area contributed by atoms with Crippen molar-refractivity contribution in [2.75, 3.05) is 33.5 Å². The van der Waals surface area contributed by atoms with Crippen LogP contribution in [0.3, 0.4) is 0 Å². The zero-order valence-electron chi connectivity index (χ0n) is 14.5. The topological polar surface area (TPSA) is 114 Å². The number of carbonyl (C=O) groups excluding carboxylic acids is 4. The first-order valence-electron chi connectivity index (χ1n) is 7.67. The largest absolute Gasteiger partial charge is 0.465 e. The highest BCUT2D eigenvalue weighted by Crippen LogP contribution is 1.99. The molecule has 0 aliphatic rings.